The lowest BCUT2D eigenvalue weighted by Crippen LogP contribution is -2.14. The van der Waals surface area contributed by atoms with Crippen molar-refractivity contribution in [1.29, 1.82) is 0 Å². The molecule has 2 aromatic rings. The Balaban J connectivity index is 2.45. The van der Waals surface area contributed by atoms with Gasteiger partial charge in [0.25, 0.3) is 0 Å². The lowest BCUT2D eigenvalue weighted by molar-refractivity contribution is 0.0683. The van der Waals surface area contributed by atoms with Crippen molar-refractivity contribution in [2.75, 3.05) is 0 Å². The zero-order valence-corrected chi connectivity index (χ0v) is 12.9. The van der Waals surface area contributed by atoms with E-state index in [0.717, 1.165) is 16.4 Å². The molecule has 0 aliphatic rings. The number of carboxylic acid groups (broad SMARTS) is 1. The first-order valence-electron chi connectivity index (χ1n) is 5.77. The van der Waals surface area contributed by atoms with Gasteiger partial charge in [-0.05, 0) is 46.5 Å². The molecule has 0 saturated carbocycles. The molecule has 0 aliphatic heterocycles. The molecule has 0 saturated heterocycles. The van der Waals surface area contributed by atoms with E-state index in [1.54, 1.807) is 17.4 Å². The summed E-state index contributed by atoms with van der Waals surface area (Å²) < 4.78 is 2.85. The number of halogens is 1. The molecule has 0 spiro atoms. The van der Waals surface area contributed by atoms with Gasteiger partial charge in [-0.1, -0.05) is 19.4 Å². The fourth-order valence-electron chi connectivity index (χ4n) is 2.05. The average molecular weight is 375 g/mol. The summed E-state index contributed by atoms with van der Waals surface area (Å²) in [5.74, 6) is -0.865. The average Bonchev–Trinajstić information content (AvgIpc) is 2.94. The number of hydrogen-bond acceptors (Lipinski definition) is 2. The Morgan fingerprint density at radius 3 is 2.94 bits per heavy atom. The monoisotopic (exact) mass is 375 g/mol. The molecule has 0 radical (unpaired) electrons. The van der Waals surface area contributed by atoms with Crippen LogP contribution in [-0.2, 0) is 0 Å². The lowest BCUT2D eigenvalue weighted by Gasteiger charge is -2.18. The maximum absolute atomic E-state index is 11.3. The summed E-state index contributed by atoms with van der Waals surface area (Å²) in [6.07, 6.45) is 3.89. The zero-order chi connectivity index (χ0) is 13.1. The van der Waals surface area contributed by atoms with Crippen LogP contribution in [0.1, 0.15) is 41.2 Å². The molecule has 1 N–H and O–H groups in total. The van der Waals surface area contributed by atoms with Gasteiger partial charge in [-0.3, -0.25) is 0 Å². The van der Waals surface area contributed by atoms with Gasteiger partial charge in [0.15, 0.2) is 0 Å². The van der Waals surface area contributed by atoms with Gasteiger partial charge in [-0.2, -0.15) is 0 Å². The summed E-state index contributed by atoms with van der Waals surface area (Å²) in [6.45, 7) is 2.12. The van der Waals surface area contributed by atoms with E-state index >= 15 is 0 Å². The van der Waals surface area contributed by atoms with E-state index in [1.165, 1.54) is 4.88 Å². The van der Waals surface area contributed by atoms with Crippen molar-refractivity contribution in [2.45, 2.75) is 25.8 Å². The van der Waals surface area contributed by atoms with Crippen molar-refractivity contribution in [3.05, 3.63) is 43.9 Å². The number of rotatable bonds is 5. The number of nitrogens with zero attached hydrogens (tertiary/aromatic N) is 1. The highest BCUT2D eigenvalue weighted by molar-refractivity contribution is 14.1. The molecule has 18 heavy (non-hydrogen) atoms. The van der Waals surface area contributed by atoms with Crippen LogP contribution >= 0.6 is 33.9 Å². The summed E-state index contributed by atoms with van der Waals surface area (Å²) in [6, 6.07) is 5.94. The number of thiophene rings is 1. The molecule has 2 heterocycles. The number of hydrogen-bond donors (Lipinski definition) is 1. The molecule has 0 bridgehead atoms. The standard InChI is InChI=1S/C13H14INO2S/c1-2-4-10(12-5-3-6-18-12)15-8-9(14)7-11(15)13(16)17/h3,5-8,10H,2,4H2,1H3,(H,16,17). The predicted octanol–water partition coefficient (Wildman–Crippen LogP) is 4.24. The Bertz CT molecular complexity index is 533. The lowest BCUT2D eigenvalue weighted by atomic mass is 10.1. The Kier molecular flexibility index (Phi) is 4.45. The third-order valence-corrected chi connectivity index (χ3v) is 4.37. The molecule has 1 unspecified atom stereocenters. The fraction of sp³-hybridized carbons (Fsp3) is 0.308. The van der Waals surface area contributed by atoms with Crippen molar-refractivity contribution < 1.29 is 9.90 Å². The molecular formula is C13H14INO2S. The summed E-state index contributed by atoms with van der Waals surface area (Å²) in [7, 11) is 0. The largest absolute Gasteiger partial charge is 0.477 e. The Morgan fingerprint density at radius 2 is 2.39 bits per heavy atom. The second-order valence-corrected chi connectivity index (χ2v) is 6.30. The Morgan fingerprint density at radius 1 is 1.61 bits per heavy atom. The van der Waals surface area contributed by atoms with E-state index < -0.39 is 5.97 Å². The van der Waals surface area contributed by atoms with Gasteiger partial charge in [-0.15, -0.1) is 11.3 Å². The number of aromatic carboxylic acids is 1. The van der Waals surface area contributed by atoms with Crippen LogP contribution in [0.3, 0.4) is 0 Å². The summed E-state index contributed by atoms with van der Waals surface area (Å²) in [5.41, 5.74) is 0.367. The van der Waals surface area contributed by atoms with E-state index in [1.807, 2.05) is 22.2 Å². The van der Waals surface area contributed by atoms with E-state index in [2.05, 4.69) is 35.6 Å². The number of carbonyl (C=O) groups is 1. The highest BCUT2D eigenvalue weighted by Gasteiger charge is 2.20. The second kappa shape index (κ2) is 5.88. The summed E-state index contributed by atoms with van der Waals surface area (Å²) in [5, 5.41) is 11.3. The molecule has 2 rings (SSSR count). The smallest absolute Gasteiger partial charge is 0.352 e. The van der Waals surface area contributed by atoms with Crippen LogP contribution < -0.4 is 0 Å². The van der Waals surface area contributed by atoms with Crippen LogP contribution in [-0.4, -0.2) is 15.6 Å². The first kappa shape index (κ1) is 13.6. The molecule has 96 valence electrons. The Labute approximate surface area is 124 Å². The number of carboxylic acids is 1. The molecule has 0 aromatic carbocycles. The maximum atomic E-state index is 11.3. The van der Waals surface area contributed by atoms with Gasteiger partial charge in [-0.25, -0.2) is 4.79 Å². The maximum Gasteiger partial charge on any atom is 0.352 e. The van der Waals surface area contributed by atoms with Gasteiger partial charge >= 0.3 is 5.97 Å². The van der Waals surface area contributed by atoms with Crippen molar-refractivity contribution >= 4 is 39.9 Å². The second-order valence-electron chi connectivity index (χ2n) is 4.08. The topological polar surface area (TPSA) is 42.2 Å². The van der Waals surface area contributed by atoms with Crippen LogP contribution in [0.25, 0.3) is 0 Å². The van der Waals surface area contributed by atoms with Crippen LogP contribution in [0.2, 0.25) is 0 Å². The third-order valence-electron chi connectivity index (χ3n) is 2.80. The quantitative estimate of drug-likeness (QED) is 0.795. The van der Waals surface area contributed by atoms with Crippen molar-refractivity contribution in [3.63, 3.8) is 0 Å². The normalized spacial score (nSPS) is 12.6. The van der Waals surface area contributed by atoms with Crippen molar-refractivity contribution in [2.24, 2.45) is 0 Å². The van der Waals surface area contributed by atoms with E-state index in [4.69, 9.17) is 0 Å². The summed E-state index contributed by atoms with van der Waals surface area (Å²) in [4.78, 5) is 12.5. The minimum absolute atomic E-state index is 0.129. The van der Waals surface area contributed by atoms with Crippen LogP contribution in [0.4, 0.5) is 0 Å². The molecule has 5 heteroatoms. The first-order chi connectivity index (χ1) is 8.63. The van der Waals surface area contributed by atoms with Gasteiger partial charge in [0.2, 0.25) is 0 Å². The summed E-state index contributed by atoms with van der Waals surface area (Å²) >= 11 is 3.84. The van der Waals surface area contributed by atoms with Crippen molar-refractivity contribution in [1.82, 2.24) is 4.57 Å². The van der Waals surface area contributed by atoms with E-state index in [9.17, 15) is 9.90 Å². The minimum Gasteiger partial charge on any atom is -0.477 e. The number of aromatic nitrogens is 1. The molecular weight excluding hydrogens is 361 g/mol. The van der Waals surface area contributed by atoms with Crippen LogP contribution in [0.15, 0.2) is 29.8 Å². The molecule has 2 aromatic heterocycles. The third kappa shape index (κ3) is 2.77. The first-order valence-corrected chi connectivity index (χ1v) is 7.73. The molecule has 0 aliphatic carbocycles. The van der Waals surface area contributed by atoms with E-state index in [0.29, 0.717) is 5.69 Å². The highest BCUT2D eigenvalue weighted by atomic mass is 127. The molecule has 0 fully saturated rings. The van der Waals surface area contributed by atoms with E-state index in [-0.39, 0.29) is 6.04 Å². The highest BCUT2D eigenvalue weighted by Crippen LogP contribution is 2.30. The zero-order valence-electron chi connectivity index (χ0n) is 9.97. The van der Waals surface area contributed by atoms with Crippen LogP contribution in [0.5, 0.6) is 0 Å². The van der Waals surface area contributed by atoms with Gasteiger partial charge in [0.1, 0.15) is 5.69 Å². The predicted molar refractivity (Wildman–Crippen MR) is 81.5 cm³/mol. The molecule has 0 amide bonds. The minimum atomic E-state index is -0.865. The van der Waals surface area contributed by atoms with Gasteiger partial charge < -0.3 is 9.67 Å². The van der Waals surface area contributed by atoms with Crippen LogP contribution in [0, 0.1) is 3.57 Å². The van der Waals surface area contributed by atoms with Gasteiger partial charge in [0.05, 0.1) is 6.04 Å². The SMILES string of the molecule is CCCC(c1cccs1)n1cc(I)cc1C(=O)O. The Hall–Kier alpha value is -0.820. The van der Waals surface area contributed by atoms with Gasteiger partial charge in [0, 0.05) is 14.6 Å². The fourth-order valence-corrected chi connectivity index (χ4v) is 3.50. The molecule has 3 nitrogen and oxygen atoms in total. The van der Waals surface area contributed by atoms with Crippen molar-refractivity contribution in [3.8, 4) is 0 Å². The molecule has 1 atom stereocenters.